The van der Waals surface area contributed by atoms with Gasteiger partial charge in [0, 0.05) is 39.1 Å². The molecule has 98 valence electrons. The highest BCUT2D eigenvalue weighted by Crippen LogP contribution is 2.09. The van der Waals surface area contributed by atoms with Crippen LogP contribution in [0.15, 0.2) is 5.38 Å². The average molecular weight is 259 g/mol. The number of hydrogen-bond donors (Lipinski definition) is 2. The lowest BCUT2D eigenvalue weighted by Crippen LogP contribution is -2.31. The van der Waals surface area contributed by atoms with Gasteiger partial charge in [-0.15, -0.1) is 11.3 Å². The summed E-state index contributed by atoms with van der Waals surface area (Å²) in [5.41, 5.74) is 6.54. The first-order valence-electron chi connectivity index (χ1n) is 5.66. The van der Waals surface area contributed by atoms with Crippen molar-refractivity contribution in [3.63, 3.8) is 0 Å². The molecule has 0 aliphatic carbocycles. The molecule has 1 unspecified atom stereocenters. The number of nitrogens with zero attached hydrogens (tertiary/aromatic N) is 1. The highest BCUT2D eigenvalue weighted by molar-refractivity contribution is 7.09. The maximum absolute atomic E-state index is 5.48. The van der Waals surface area contributed by atoms with E-state index in [0.29, 0.717) is 13.2 Å². The molecule has 1 atom stereocenters. The normalized spacial score (nSPS) is 12.9. The third-order valence-corrected chi connectivity index (χ3v) is 3.28. The fraction of sp³-hybridized carbons (Fsp3) is 0.727. The highest BCUT2D eigenvalue weighted by Gasteiger charge is 2.06. The Labute approximate surface area is 106 Å². The molecule has 0 fully saturated rings. The summed E-state index contributed by atoms with van der Waals surface area (Å²) in [4.78, 5) is 4.47. The second-order valence-electron chi connectivity index (χ2n) is 3.72. The van der Waals surface area contributed by atoms with Gasteiger partial charge in [0.1, 0.15) is 0 Å². The van der Waals surface area contributed by atoms with Crippen molar-refractivity contribution in [3.05, 3.63) is 16.1 Å². The number of nitrogens with two attached hydrogens (primary N) is 1. The maximum Gasteiger partial charge on any atom is 0.0941 e. The summed E-state index contributed by atoms with van der Waals surface area (Å²) in [6.07, 6.45) is 0.942. The van der Waals surface area contributed by atoms with Gasteiger partial charge in [-0.25, -0.2) is 4.98 Å². The number of nitrogens with one attached hydrogen (secondary N) is 1. The van der Waals surface area contributed by atoms with Gasteiger partial charge in [0.15, 0.2) is 0 Å². The number of methoxy groups -OCH3 is 2. The Kier molecular flexibility index (Phi) is 7.30. The lowest BCUT2D eigenvalue weighted by molar-refractivity contribution is 0.0287. The van der Waals surface area contributed by atoms with Gasteiger partial charge >= 0.3 is 0 Å². The van der Waals surface area contributed by atoms with Crippen molar-refractivity contribution >= 4 is 11.3 Å². The molecule has 0 amide bonds. The van der Waals surface area contributed by atoms with Crippen molar-refractivity contribution in [3.8, 4) is 0 Å². The van der Waals surface area contributed by atoms with Gasteiger partial charge < -0.3 is 20.5 Å². The molecule has 17 heavy (non-hydrogen) atoms. The van der Waals surface area contributed by atoms with Crippen molar-refractivity contribution in [1.29, 1.82) is 0 Å². The summed E-state index contributed by atoms with van der Waals surface area (Å²) in [6, 6.07) is 0. The number of ether oxygens (including phenoxy) is 2. The SMILES string of the molecule is COCC(CNCc1csc(CCN)n1)OC. The van der Waals surface area contributed by atoms with Crippen LogP contribution in [0.4, 0.5) is 0 Å². The largest absolute Gasteiger partial charge is 0.382 e. The number of aromatic nitrogens is 1. The first-order chi connectivity index (χ1) is 8.30. The first-order valence-corrected chi connectivity index (χ1v) is 6.54. The zero-order valence-electron chi connectivity index (χ0n) is 10.4. The molecular formula is C11H21N3O2S. The monoisotopic (exact) mass is 259 g/mol. The fourth-order valence-corrected chi connectivity index (χ4v) is 2.24. The predicted octanol–water partition coefficient (Wildman–Crippen LogP) is 0.395. The minimum absolute atomic E-state index is 0.0853. The van der Waals surface area contributed by atoms with E-state index in [1.165, 1.54) is 0 Å². The predicted molar refractivity (Wildman–Crippen MR) is 69.3 cm³/mol. The summed E-state index contributed by atoms with van der Waals surface area (Å²) in [7, 11) is 3.36. The van der Waals surface area contributed by atoms with Crippen LogP contribution in [0.25, 0.3) is 0 Å². The van der Waals surface area contributed by atoms with E-state index in [2.05, 4.69) is 15.7 Å². The lowest BCUT2D eigenvalue weighted by Gasteiger charge is -2.14. The summed E-state index contributed by atoms with van der Waals surface area (Å²) in [6.45, 7) is 2.76. The molecule has 0 saturated heterocycles. The Hall–Kier alpha value is -0.530. The molecule has 0 bridgehead atoms. The van der Waals surface area contributed by atoms with Gasteiger partial charge in [0.2, 0.25) is 0 Å². The van der Waals surface area contributed by atoms with Gasteiger partial charge in [-0.05, 0) is 6.54 Å². The second-order valence-corrected chi connectivity index (χ2v) is 4.66. The zero-order chi connectivity index (χ0) is 12.5. The van der Waals surface area contributed by atoms with Crippen LogP contribution in [0.3, 0.4) is 0 Å². The molecule has 0 spiro atoms. The van der Waals surface area contributed by atoms with Gasteiger partial charge in [0.25, 0.3) is 0 Å². The summed E-state index contributed by atoms with van der Waals surface area (Å²) >= 11 is 1.66. The molecule has 0 aromatic carbocycles. The summed E-state index contributed by atoms with van der Waals surface area (Å²) in [5.74, 6) is 0. The van der Waals surface area contributed by atoms with E-state index >= 15 is 0 Å². The van der Waals surface area contributed by atoms with Crippen LogP contribution in [0.2, 0.25) is 0 Å². The van der Waals surface area contributed by atoms with Crippen molar-refractivity contribution in [1.82, 2.24) is 10.3 Å². The molecule has 0 aliphatic heterocycles. The Morgan fingerprint density at radius 1 is 1.53 bits per heavy atom. The molecule has 5 nitrogen and oxygen atoms in total. The molecule has 1 rings (SSSR count). The number of rotatable bonds is 9. The smallest absolute Gasteiger partial charge is 0.0941 e. The van der Waals surface area contributed by atoms with E-state index in [-0.39, 0.29) is 6.10 Å². The van der Waals surface area contributed by atoms with Gasteiger partial charge in [-0.3, -0.25) is 0 Å². The molecule has 1 aromatic rings. The van der Waals surface area contributed by atoms with Gasteiger partial charge in [0.05, 0.1) is 23.4 Å². The minimum atomic E-state index is 0.0853. The van der Waals surface area contributed by atoms with Crippen LogP contribution in [-0.2, 0) is 22.4 Å². The van der Waals surface area contributed by atoms with Gasteiger partial charge in [-0.2, -0.15) is 0 Å². The van der Waals surface area contributed by atoms with E-state index in [1.54, 1.807) is 25.6 Å². The minimum Gasteiger partial charge on any atom is -0.382 e. The van der Waals surface area contributed by atoms with Crippen LogP contribution in [0, 0.1) is 0 Å². The first kappa shape index (κ1) is 14.5. The van der Waals surface area contributed by atoms with Crippen molar-refractivity contribution in [2.24, 2.45) is 5.73 Å². The Morgan fingerprint density at radius 3 is 3.00 bits per heavy atom. The van der Waals surface area contributed by atoms with Crippen LogP contribution in [0.5, 0.6) is 0 Å². The quantitative estimate of drug-likeness (QED) is 0.671. The summed E-state index contributed by atoms with van der Waals surface area (Å²) in [5, 5.41) is 6.47. The number of thiazole rings is 1. The molecule has 6 heteroatoms. The second kappa shape index (κ2) is 8.54. The van der Waals surface area contributed by atoms with Crippen molar-refractivity contribution in [2.75, 3.05) is 33.9 Å². The Balaban J connectivity index is 2.24. The van der Waals surface area contributed by atoms with Crippen molar-refractivity contribution < 1.29 is 9.47 Å². The molecule has 0 aliphatic rings. The zero-order valence-corrected chi connectivity index (χ0v) is 11.3. The third kappa shape index (κ3) is 5.56. The van der Waals surface area contributed by atoms with Crippen molar-refractivity contribution in [2.45, 2.75) is 19.1 Å². The van der Waals surface area contributed by atoms with Crippen LogP contribution in [0.1, 0.15) is 10.7 Å². The topological polar surface area (TPSA) is 69.4 Å². The van der Waals surface area contributed by atoms with E-state index in [0.717, 1.165) is 30.2 Å². The van der Waals surface area contributed by atoms with Gasteiger partial charge in [-0.1, -0.05) is 0 Å². The van der Waals surface area contributed by atoms with E-state index < -0.39 is 0 Å². The molecule has 0 radical (unpaired) electrons. The number of hydrogen-bond acceptors (Lipinski definition) is 6. The molecular weight excluding hydrogens is 238 g/mol. The van der Waals surface area contributed by atoms with E-state index in [4.69, 9.17) is 15.2 Å². The molecule has 0 saturated carbocycles. The third-order valence-electron chi connectivity index (χ3n) is 2.32. The van der Waals surface area contributed by atoms with E-state index in [9.17, 15) is 0 Å². The van der Waals surface area contributed by atoms with Crippen LogP contribution >= 0.6 is 11.3 Å². The Morgan fingerprint density at radius 2 is 2.35 bits per heavy atom. The molecule has 3 N–H and O–H groups in total. The fourth-order valence-electron chi connectivity index (χ4n) is 1.43. The standard InChI is InChI=1S/C11H21N3O2S/c1-15-7-10(16-2)6-13-5-9-8-17-11(14-9)3-4-12/h8,10,13H,3-7,12H2,1-2H3. The summed E-state index contributed by atoms with van der Waals surface area (Å²) < 4.78 is 10.3. The Bertz CT molecular complexity index is 307. The average Bonchev–Trinajstić information content (AvgIpc) is 2.76. The molecule has 1 heterocycles. The molecule has 1 aromatic heterocycles. The van der Waals surface area contributed by atoms with E-state index in [1.807, 2.05) is 0 Å². The maximum atomic E-state index is 5.48. The highest BCUT2D eigenvalue weighted by atomic mass is 32.1. The van der Waals surface area contributed by atoms with Crippen LogP contribution < -0.4 is 11.1 Å². The lowest BCUT2D eigenvalue weighted by atomic mass is 10.3. The van der Waals surface area contributed by atoms with Crippen LogP contribution in [-0.4, -0.2) is 45.0 Å².